The summed E-state index contributed by atoms with van der Waals surface area (Å²) >= 11 is 0. The Morgan fingerprint density at radius 3 is 2.42 bits per heavy atom. The van der Waals surface area contributed by atoms with Crippen molar-refractivity contribution in [3.63, 3.8) is 0 Å². The molecule has 0 unspecified atom stereocenters. The summed E-state index contributed by atoms with van der Waals surface area (Å²) in [5.41, 5.74) is 1.06. The van der Waals surface area contributed by atoms with Crippen molar-refractivity contribution in [3.05, 3.63) is 23.8 Å². The Hall–Kier alpha value is -1.79. The first-order valence-electron chi connectivity index (χ1n) is 8.42. The highest BCUT2D eigenvalue weighted by Crippen LogP contribution is 2.28. The maximum atomic E-state index is 12.4. The highest BCUT2D eigenvalue weighted by Gasteiger charge is 2.21. The first-order chi connectivity index (χ1) is 11.5. The van der Waals surface area contributed by atoms with Crippen LogP contribution in [0.4, 0.5) is 0 Å². The van der Waals surface area contributed by atoms with Gasteiger partial charge in [-0.3, -0.25) is 9.69 Å². The number of rotatable bonds is 7. The minimum Gasteiger partial charge on any atom is -0.493 e. The number of benzene rings is 1. The van der Waals surface area contributed by atoms with Gasteiger partial charge in [-0.1, -0.05) is 6.07 Å². The van der Waals surface area contributed by atoms with Crippen molar-refractivity contribution < 1.29 is 19.4 Å². The van der Waals surface area contributed by atoms with Gasteiger partial charge in [-0.15, -0.1) is 0 Å². The van der Waals surface area contributed by atoms with Gasteiger partial charge in [-0.2, -0.15) is 0 Å². The van der Waals surface area contributed by atoms with Crippen LogP contribution < -0.4 is 9.47 Å². The number of hydrogen-bond acceptors (Lipinski definition) is 5. The third-order valence-electron chi connectivity index (χ3n) is 4.32. The van der Waals surface area contributed by atoms with Crippen LogP contribution in [-0.4, -0.2) is 73.9 Å². The van der Waals surface area contributed by atoms with E-state index in [1.165, 1.54) is 0 Å². The molecule has 24 heavy (non-hydrogen) atoms. The Morgan fingerprint density at radius 2 is 1.83 bits per heavy atom. The standard InChI is InChI=1S/C18H28N2O4/c1-14(21)13-19-8-10-20(11-9-19)18(22)7-5-15-4-6-16(23-2)17(12-15)24-3/h4,6,12,14,21H,5,7-11,13H2,1-3H3/t14-/m0/s1. The van der Waals surface area contributed by atoms with Crippen molar-refractivity contribution in [1.82, 2.24) is 9.80 Å². The second kappa shape index (κ2) is 8.89. The predicted molar refractivity (Wildman–Crippen MR) is 92.6 cm³/mol. The number of piperazine rings is 1. The number of nitrogens with zero attached hydrogens (tertiary/aromatic N) is 2. The van der Waals surface area contributed by atoms with Crippen LogP contribution in [0.25, 0.3) is 0 Å². The van der Waals surface area contributed by atoms with Crippen LogP contribution in [0.3, 0.4) is 0 Å². The molecule has 1 N–H and O–H groups in total. The van der Waals surface area contributed by atoms with Crippen LogP contribution in [0.2, 0.25) is 0 Å². The maximum absolute atomic E-state index is 12.4. The first-order valence-corrected chi connectivity index (χ1v) is 8.42. The molecule has 0 aliphatic carbocycles. The lowest BCUT2D eigenvalue weighted by atomic mass is 10.1. The van der Waals surface area contributed by atoms with Gasteiger partial charge in [-0.05, 0) is 31.0 Å². The number of amides is 1. The molecule has 134 valence electrons. The van der Waals surface area contributed by atoms with E-state index in [9.17, 15) is 9.90 Å². The van der Waals surface area contributed by atoms with Crippen molar-refractivity contribution in [3.8, 4) is 11.5 Å². The molecule has 1 aromatic carbocycles. The Kier molecular flexibility index (Phi) is 6.87. The molecular weight excluding hydrogens is 308 g/mol. The molecule has 0 saturated carbocycles. The number of hydrogen-bond donors (Lipinski definition) is 1. The van der Waals surface area contributed by atoms with E-state index in [1.807, 2.05) is 23.1 Å². The SMILES string of the molecule is COc1ccc(CCC(=O)N2CCN(C[C@H](C)O)CC2)cc1OC. The van der Waals surface area contributed by atoms with E-state index in [0.29, 0.717) is 30.9 Å². The van der Waals surface area contributed by atoms with Gasteiger partial charge < -0.3 is 19.5 Å². The molecule has 0 bridgehead atoms. The number of aryl methyl sites for hydroxylation is 1. The Morgan fingerprint density at radius 1 is 1.17 bits per heavy atom. The lowest BCUT2D eigenvalue weighted by Gasteiger charge is -2.35. The molecule has 2 rings (SSSR count). The van der Waals surface area contributed by atoms with E-state index in [-0.39, 0.29) is 12.0 Å². The van der Waals surface area contributed by atoms with Gasteiger partial charge in [0.25, 0.3) is 0 Å². The third-order valence-corrected chi connectivity index (χ3v) is 4.32. The molecule has 1 aliphatic heterocycles. The molecule has 1 aliphatic rings. The molecule has 0 aromatic heterocycles. The fourth-order valence-electron chi connectivity index (χ4n) is 3.00. The van der Waals surface area contributed by atoms with Gasteiger partial charge in [-0.25, -0.2) is 0 Å². The number of β-amino-alcohol motifs (C(OH)–C–C–N with tert-alkyl or cyclic N) is 1. The zero-order chi connectivity index (χ0) is 17.5. The molecule has 1 saturated heterocycles. The second-order valence-electron chi connectivity index (χ2n) is 6.22. The van der Waals surface area contributed by atoms with Crippen LogP contribution in [0.1, 0.15) is 18.9 Å². The molecular formula is C18H28N2O4. The van der Waals surface area contributed by atoms with Gasteiger partial charge in [0.1, 0.15) is 0 Å². The van der Waals surface area contributed by atoms with Crippen molar-refractivity contribution in [2.24, 2.45) is 0 Å². The van der Waals surface area contributed by atoms with E-state index in [2.05, 4.69) is 4.90 Å². The fraction of sp³-hybridized carbons (Fsp3) is 0.611. The average Bonchev–Trinajstić information content (AvgIpc) is 2.59. The van der Waals surface area contributed by atoms with Crippen LogP contribution in [0.5, 0.6) is 11.5 Å². The van der Waals surface area contributed by atoms with Crippen LogP contribution in [-0.2, 0) is 11.2 Å². The number of aliphatic hydroxyl groups is 1. The lowest BCUT2D eigenvalue weighted by molar-refractivity contribution is -0.133. The first kappa shape index (κ1) is 18.5. The number of carbonyl (C=O) groups excluding carboxylic acids is 1. The summed E-state index contributed by atoms with van der Waals surface area (Å²) in [4.78, 5) is 16.5. The summed E-state index contributed by atoms with van der Waals surface area (Å²) in [6.45, 7) is 5.59. The zero-order valence-electron chi connectivity index (χ0n) is 14.8. The summed E-state index contributed by atoms with van der Waals surface area (Å²) in [5, 5.41) is 9.43. The third kappa shape index (κ3) is 5.11. The highest BCUT2D eigenvalue weighted by molar-refractivity contribution is 5.76. The summed E-state index contributed by atoms with van der Waals surface area (Å²) < 4.78 is 10.5. The maximum Gasteiger partial charge on any atom is 0.222 e. The van der Waals surface area contributed by atoms with Gasteiger partial charge in [0.2, 0.25) is 5.91 Å². The molecule has 1 amide bonds. The van der Waals surface area contributed by atoms with E-state index >= 15 is 0 Å². The topological polar surface area (TPSA) is 62.2 Å². The molecule has 1 atom stereocenters. The highest BCUT2D eigenvalue weighted by atomic mass is 16.5. The van der Waals surface area contributed by atoms with E-state index in [0.717, 1.165) is 31.7 Å². The van der Waals surface area contributed by atoms with Crippen molar-refractivity contribution in [2.75, 3.05) is 46.9 Å². The lowest BCUT2D eigenvalue weighted by Crippen LogP contribution is -2.50. The van der Waals surface area contributed by atoms with Crippen LogP contribution in [0, 0.1) is 0 Å². The molecule has 1 fully saturated rings. The summed E-state index contributed by atoms with van der Waals surface area (Å²) in [5.74, 6) is 1.57. The minimum absolute atomic E-state index is 0.182. The average molecular weight is 336 g/mol. The normalized spacial score (nSPS) is 16.8. The van der Waals surface area contributed by atoms with Crippen LogP contribution >= 0.6 is 0 Å². The minimum atomic E-state index is -0.322. The number of methoxy groups -OCH3 is 2. The van der Waals surface area contributed by atoms with E-state index in [4.69, 9.17) is 9.47 Å². The predicted octanol–water partition coefficient (Wildman–Crippen LogP) is 1.16. The fourth-order valence-corrected chi connectivity index (χ4v) is 3.00. The largest absolute Gasteiger partial charge is 0.493 e. The van der Waals surface area contributed by atoms with Gasteiger partial charge in [0, 0.05) is 39.1 Å². The molecule has 1 heterocycles. The molecule has 6 heteroatoms. The van der Waals surface area contributed by atoms with Gasteiger partial charge in [0.05, 0.1) is 20.3 Å². The zero-order valence-corrected chi connectivity index (χ0v) is 14.8. The molecule has 1 aromatic rings. The second-order valence-corrected chi connectivity index (χ2v) is 6.22. The number of carbonyl (C=O) groups is 1. The Bertz CT molecular complexity index is 540. The summed E-state index contributed by atoms with van der Waals surface area (Å²) in [7, 11) is 3.22. The van der Waals surface area contributed by atoms with Crippen molar-refractivity contribution >= 4 is 5.91 Å². The van der Waals surface area contributed by atoms with Crippen molar-refractivity contribution in [1.29, 1.82) is 0 Å². The molecule has 0 radical (unpaired) electrons. The van der Waals surface area contributed by atoms with E-state index < -0.39 is 0 Å². The quantitative estimate of drug-likeness (QED) is 0.810. The molecule has 6 nitrogen and oxygen atoms in total. The van der Waals surface area contributed by atoms with Gasteiger partial charge in [0.15, 0.2) is 11.5 Å². The van der Waals surface area contributed by atoms with E-state index in [1.54, 1.807) is 21.1 Å². The van der Waals surface area contributed by atoms with Crippen LogP contribution in [0.15, 0.2) is 18.2 Å². The molecule has 0 spiro atoms. The Labute approximate surface area is 144 Å². The summed E-state index contributed by atoms with van der Waals surface area (Å²) in [6, 6.07) is 5.76. The van der Waals surface area contributed by atoms with Gasteiger partial charge >= 0.3 is 0 Å². The monoisotopic (exact) mass is 336 g/mol. The smallest absolute Gasteiger partial charge is 0.222 e. The number of aliphatic hydroxyl groups excluding tert-OH is 1. The number of ether oxygens (including phenoxy) is 2. The summed E-state index contributed by atoms with van der Waals surface area (Å²) in [6.07, 6.45) is 0.858. The Balaban J connectivity index is 1.81. The van der Waals surface area contributed by atoms with Crippen molar-refractivity contribution in [2.45, 2.75) is 25.9 Å².